The minimum atomic E-state index is 0. The number of nitrogens with zero attached hydrogens (tertiary/aromatic N) is 1. The maximum Gasteiger partial charge on any atom is 0.223 e. The maximum absolute atomic E-state index is 12.3. The van der Waals surface area contributed by atoms with Crippen LogP contribution >= 0.6 is 12.4 Å². The molecule has 0 saturated carbocycles. The largest absolute Gasteiger partial charge is 0.486 e. The number of fused-ring (bicyclic) bond motifs is 1. The van der Waals surface area contributed by atoms with Gasteiger partial charge in [-0.15, -0.1) is 12.4 Å². The van der Waals surface area contributed by atoms with Gasteiger partial charge in [-0.05, 0) is 43.5 Å². The van der Waals surface area contributed by atoms with Gasteiger partial charge < -0.3 is 20.1 Å². The average Bonchev–Trinajstić information content (AvgIpc) is 3.01. The molecule has 1 saturated heterocycles. The van der Waals surface area contributed by atoms with E-state index in [1.165, 1.54) is 0 Å². The molecule has 0 radical (unpaired) electrons. The molecule has 1 aromatic rings. The lowest BCUT2D eigenvalue weighted by Gasteiger charge is -2.26. The van der Waals surface area contributed by atoms with Crippen LogP contribution in [0.15, 0.2) is 18.2 Å². The normalized spacial score (nSPS) is 19.7. The molecule has 2 aliphatic rings. The summed E-state index contributed by atoms with van der Waals surface area (Å²) in [6.45, 7) is 2.58. The van der Waals surface area contributed by atoms with E-state index in [4.69, 9.17) is 15.2 Å². The van der Waals surface area contributed by atoms with Gasteiger partial charge in [0, 0.05) is 13.0 Å². The van der Waals surface area contributed by atoms with Gasteiger partial charge in [-0.3, -0.25) is 4.79 Å². The van der Waals surface area contributed by atoms with Crippen LogP contribution in [0.3, 0.4) is 0 Å². The molecule has 22 heavy (non-hydrogen) atoms. The van der Waals surface area contributed by atoms with Gasteiger partial charge in [-0.25, -0.2) is 0 Å². The molecule has 1 unspecified atom stereocenters. The van der Waals surface area contributed by atoms with Gasteiger partial charge in [0.15, 0.2) is 11.5 Å². The van der Waals surface area contributed by atoms with Crippen LogP contribution in [0.1, 0.15) is 37.3 Å². The van der Waals surface area contributed by atoms with E-state index in [2.05, 4.69) is 0 Å². The predicted octanol–water partition coefficient (Wildman–Crippen LogP) is 2.28. The molecule has 0 aromatic heterocycles. The van der Waals surface area contributed by atoms with Gasteiger partial charge in [0.2, 0.25) is 5.91 Å². The molecule has 2 aliphatic heterocycles. The average molecular weight is 327 g/mol. The molecule has 0 bridgehead atoms. The molecule has 1 atom stereocenters. The number of hydrogen-bond acceptors (Lipinski definition) is 4. The second-order valence-corrected chi connectivity index (χ2v) is 5.54. The highest BCUT2D eigenvalue weighted by Crippen LogP contribution is 2.38. The summed E-state index contributed by atoms with van der Waals surface area (Å²) in [4.78, 5) is 14.3. The predicted molar refractivity (Wildman–Crippen MR) is 86.7 cm³/mol. The molecule has 1 fully saturated rings. The molecule has 1 aromatic carbocycles. The van der Waals surface area contributed by atoms with E-state index in [-0.39, 0.29) is 24.4 Å². The Bertz CT molecular complexity index is 524. The zero-order valence-electron chi connectivity index (χ0n) is 12.6. The fourth-order valence-corrected chi connectivity index (χ4v) is 3.08. The fourth-order valence-electron chi connectivity index (χ4n) is 3.08. The van der Waals surface area contributed by atoms with E-state index in [0.29, 0.717) is 26.2 Å². The fraction of sp³-hybridized carbons (Fsp3) is 0.562. The molecular weight excluding hydrogens is 304 g/mol. The van der Waals surface area contributed by atoms with Crippen LogP contribution in [0.4, 0.5) is 0 Å². The summed E-state index contributed by atoms with van der Waals surface area (Å²) >= 11 is 0. The molecule has 122 valence electrons. The number of carbonyl (C=O) groups is 1. The topological polar surface area (TPSA) is 64.8 Å². The lowest BCUT2D eigenvalue weighted by molar-refractivity contribution is -0.132. The highest BCUT2D eigenvalue weighted by molar-refractivity contribution is 5.85. The summed E-state index contributed by atoms with van der Waals surface area (Å²) in [5, 5.41) is 0. The highest BCUT2D eigenvalue weighted by Gasteiger charge is 2.30. The van der Waals surface area contributed by atoms with Crippen molar-refractivity contribution in [2.24, 2.45) is 5.73 Å². The minimum Gasteiger partial charge on any atom is -0.486 e. The van der Waals surface area contributed by atoms with E-state index in [1.54, 1.807) is 0 Å². The zero-order valence-corrected chi connectivity index (χ0v) is 13.4. The molecule has 0 aliphatic carbocycles. The Morgan fingerprint density at radius 1 is 1.27 bits per heavy atom. The van der Waals surface area contributed by atoms with Crippen molar-refractivity contribution >= 4 is 18.3 Å². The third-order valence-corrected chi connectivity index (χ3v) is 4.12. The molecule has 0 spiro atoms. The number of carbonyl (C=O) groups excluding carboxylic acids is 1. The van der Waals surface area contributed by atoms with E-state index >= 15 is 0 Å². The number of likely N-dealkylation sites (tertiary alicyclic amines) is 1. The third kappa shape index (κ3) is 3.47. The van der Waals surface area contributed by atoms with Crippen LogP contribution in [-0.4, -0.2) is 37.1 Å². The summed E-state index contributed by atoms with van der Waals surface area (Å²) in [7, 11) is 0. The molecule has 1 amide bonds. The quantitative estimate of drug-likeness (QED) is 0.922. The monoisotopic (exact) mass is 326 g/mol. The Balaban J connectivity index is 0.00000176. The number of rotatable bonds is 4. The van der Waals surface area contributed by atoms with Crippen LogP contribution in [0.25, 0.3) is 0 Å². The van der Waals surface area contributed by atoms with Crippen molar-refractivity contribution in [3.63, 3.8) is 0 Å². The first-order valence-corrected chi connectivity index (χ1v) is 7.68. The zero-order chi connectivity index (χ0) is 14.7. The smallest absolute Gasteiger partial charge is 0.223 e. The van der Waals surface area contributed by atoms with E-state index in [1.807, 2.05) is 23.1 Å². The first-order valence-electron chi connectivity index (χ1n) is 7.68. The Kier molecular flexibility index (Phi) is 5.91. The van der Waals surface area contributed by atoms with Gasteiger partial charge in [0.1, 0.15) is 13.2 Å². The van der Waals surface area contributed by atoms with Crippen LogP contribution in [0, 0.1) is 0 Å². The van der Waals surface area contributed by atoms with Crippen molar-refractivity contribution in [3.05, 3.63) is 23.8 Å². The Morgan fingerprint density at radius 2 is 2.05 bits per heavy atom. The maximum atomic E-state index is 12.3. The lowest BCUT2D eigenvalue weighted by atomic mass is 10.0. The van der Waals surface area contributed by atoms with Gasteiger partial charge in [-0.2, -0.15) is 0 Å². The number of nitrogens with two attached hydrogens (primary N) is 1. The first-order chi connectivity index (χ1) is 10.3. The Morgan fingerprint density at radius 3 is 2.82 bits per heavy atom. The van der Waals surface area contributed by atoms with Gasteiger partial charge >= 0.3 is 0 Å². The Labute approximate surface area is 137 Å². The first kappa shape index (κ1) is 16.9. The number of ether oxygens (including phenoxy) is 2. The highest BCUT2D eigenvalue weighted by atomic mass is 35.5. The van der Waals surface area contributed by atoms with E-state index in [0.717, 1.165) is 42.9 Å². The van der Waals surface area contributed by atoms with Gasteiger partial charge in [-0.1, -0.05) is 6.07 Å². The van der Waals surface area contributed by atoms with Crippen LogP contribution in [0.2, 0.25) is 0 Å². The lowest BCUT2D eigenvalue weighted by Crippen LogP contribution is -2.30. The van der Waals surface area contributed by atoms with Crippen LogP contribution in [0.5, 0.6) is 11.5 Å². The number of hydrogen-bond donors (Lipinski definition) is 1. The second kappa shape index (κ2) is 7.70. The molecular formula is C16H23ClN2O3. The number of amides is 1. The SMILES string of the molecule is Cl.NCCCC(=O)N1CCCC1c1ccc2c(c1)OCCO2. The van der Waals surface area contributed by atoms with Crippen molar-refractivity contribution < 1.29 is 14.3 Å². The third-order valence-electron chi connectivity index (χ3n) is 4.12. The van der Waals surface area contributed by atoms with Crippen molar-refractivity contribution in [1.82, 2.24) is 4.90 Å². The molecule has 2 heterocycles. The summed E-state index contributed by atoms with van der Waals surface area (Å²) < 4.78 is 11.2. The van der Waals surface area contributed by atoms with Gasteiger partial charge in [0.25, 0.3) is 0 Å². The molecule has 3 rings (SSSR count). The second-order valence-electron chi connectivity index (χ2n) is 5.54. The van der Waals surface area contributed by atoms with Gasteiger partial charge in [0.05, 0.1) is 6.04 Å². The molecule has 2 N–H and O–H groups in total. The van der Waals surface area contributed by atoms with E-state index < -0.39 is 0 Å². The summed E-state index contributed by atoms with van der Waals surface area (Å²) in [6, 6.07) is 6.18. The van der Waals surface area contributed by atoms with Crippen molar-refractivity contribution in [2.75, 3.05) is 26.3 Å². The number of halogens is 1. The summed E-state index contributed by atoms with van der Waals surface area (Å²) in [5.74, 6) is 1.79. The minimum absolute atomic E-state index is 0. The number of benzene rings is 1. The van der Waals surface area contributed by atoms with Crippen molar-refractivity contribution in [2.45, 2.75) is 31.7 Å². The van der Waals surface area contributed by atoms with E-state index in [9.17, 15) is 4.79 Å². The summed E-state index contributed by atoms with van der Waals surface area (Å²) in [5.41, 5.74) is 6.63. The molecule has 5 nitrogen and oxygen atoms in total. The van der Waals surface area contributed by atoms with Crippen LogP contribution in [-0.2, 0) is 4.79 Å². The van der Waals surface area contributed by atoms with Crippen molar-refractivity contribution in [1.29, 1.82) is 0 Å². The van der Waals surface area contributed by atoms with Crippen LogP contribution < -0.4 is 15.2 Å². The Hall–Kier alpha value is -1.46. The molecule has 6 heteroatoms. The van der Waals surface area contributed by atoms with Crippen molar-refractivity contribution in [3.8, 4) is 11.5 Å². The standard InChI is InChI=1S/C16H22N2O3.ClH/c17-7-1-4-16(19)18-8-2-3-13(18)12-5-6-14-15(11-12)21-10-9-20-14;/h5-6,11,13H,1-4,7-10,17H2;1H. The summed E-state index contributed by atoms with van der Waals surface area (Å²) in [6.07, 6.45) is 3.35.